The van der Waals surface area contributed by atoms with Crippen molar-refractivity contribution in [3.05, 3.63) is 48.0 Å². The quantitative estimate of drug-likeness (QED) is 0.778. The number of rotatable bonds is 8. The summed E-state index contributed by atoms with van der Waals surface area (Å²) in [5.74, 6) is 1.98. The molecule has 0 aromatic heterocycles. The monoisotopic (exact) mass is 330 g/mol. The van der Waals surface area contributed by atoms with Crippen LogP contribution in [-0.4, -0.2) is 33.8 Å². The van der Waals surface area contributed by atoms with E-state index in [4.69, 9.17) is 14.2 Å². The number of carbonyl (C=O) groups excluding carboxylic acids is 1. The van der Waals surface area contributed by atoms with E-state index >= 15 is 0 Å². The Morgan fingerprint density at radius 3 is 2.25 bits per heavy atom. The van der Waals surface area contributed by atoms with Gasteiger partial charge in [0.2, 0.25) is 5.91 Å². The van der Waals surface area contributed by atoms with Gasteiger partial charge in [0.1, 0.15) is 5.75 Å². The maximum Gasteiger partial charge on any atom is 0.238 e. The highest BCUT2D eigenvalue weighted by atomic mass is 16.5. The molecule has 0 aliphatic rings. The molecule has 0 aliphatic heterocycles. The fourth-order valence-electron chi connectivity index (χ4n) is 2.19. The number of methoxy groups -OCH3 is 3. The van der Waals surface area contributed by atoms with Crippen LogP contribution < -0.4 is 24.8 Å². The Balaban J connectivity index is 1.81. The summed E-state index contributed by atoms with van der Waals surface area (Å²) >= 11 is 0. The molecule has 6 nitrogen and oxygen atoms in total. The average Bonchev–Trinajstić information content (AvgIpc) is 2.62. The third kappa shape index (κ3) is 4.89. The lowest BCUT2D eigenvalue weighted by molar-refractivity contribution is -0.115. The van der Waals surface area contributed by atoms with Crippen LogP contribution in [-0.2, 0) is 11.3 Å². The number of benzene rings is 2. The highest BCUT2D eigenvalue weighted by Crippen LogP contribution is 2.27. The topological polar surface area (TPSA) is 68.8 Å². The Kier molecular flexibility index (Phi) is 6.45. The Labute approximate surface area is 141 Å². The van der Waals surface area contributed by atoms with Gasteiger partial charge in [0.05, 0.1) is 27.9 Å². The van der Waals surface area contributed by atoms with Gasteiger partial charge in [-0.3, -0.25) is 4.79 Å². The molecule has 2 rings (SSSR count). The van der Waals surface area contributed by atoms with E-state index in [1.54, 1.807) is 45.6 Å². The van der Waals surface area contributed by atoms with Gasteiger partial charge in [0, 0.05) is 12.2 Å². The van der Waals surface area contributed by atoms with Crippen LogP contribution in [0.25, 0.3) is 0 Å². The molecule has 0 heterocycles. The summed E-state index contributed by atoms with van der Waals surface area (Å²) in [7, 11) is 4.79. The van der Waals surface area contributed by atoms with Gasteiger partial charge in [-0.05, 0) is 42.0 Å². The van der Waals surface area contributed by atoms with Crippen LogP contribution in [0.1, 0.15) is 5.56 Å². The molecule has 0 saturated heterocycles. The van der Waals surface area contributed by atoms with E-state index in [0.717, 1.165) is 17.0 Å². The lowest BCUT2D eigenvalue weighted by Gasteiger charge is -2.10. The number of nitrogens with one attached hydrogen (secondary N) is 2. The Morgan fingerprint density at radius 2 is 1.62 bits per heavy atom. The van der Waals surface area contributed by atoms with Crippen molar-refractivity contribution in [1.29, 1.82) is 0 Å². The molecule has 128 valence electrons. The number of anilines is 1. The van der Waals surface area contributed by atoms with Crippen molar-refractivity contribution in [2.75, 3.05) is 33.2 Å². The first kappa shape index (κ1) is 17.6. The third-order valence-electron chi connectivity index (χ3n) is 3.44. The van der Waals surface area contributed by atoms with Gasteiger partial charge in [0.15, 0.2) is 11.5 Å². The summed E-state index contributed by atoms with van der Waals surface area (Å²) in [5, 5.41) is 5.92. The zero-order valence-corrected chi connectivity index (χ0v) is 14.1. The summed E-state index contributed by atoms with van der Waals surface area (Å²) in [5.41, 5.74) is 1.73. The Morgan fingerprint density at radius 1 is 0.917 bits per heavy atom. The van der Waals surface area contributed by atoms with Crippen LogP contribution in [0.3, 0.4) is 0 Å². The normalized spacial score (nSPS) is 10.1. The molecule has 0 fully saturated rings. The standard InChI is InChI=1S/C18H22N2O4/c1-22-15-7-5-14(6-8-15)20-18(21)12-19-11-13-4-9-16(23-2)17(10-13)24-3/h4-10,19H,11-12H2,1-3H3,(H,20,21). The van der Waals surface area contributed by atoms with E-state index in [1.165, 1.54) is 0 Å². The molecule has 6 heteroatoms. The molecule has 2 N–H and O–H groups in total. The van der Waals surface area contributed by atoms with Crippen molar-refractivity contribution in [3.8, 4) is 17.2 Å². The minimum absolute atomic E-state index is 0.111. The summed E-state index contributed by atoms with van der Waals surface area (Å²) < 4.78 is 15.5. The lowest BCUT2D eigenvalue weighted by Crippen LogP contribution is -2.27. The molecule has 0 unspecified atom stereocenters. The molecule has 0 spiro atoms. The van der Waals surface area contributed by atoms with E-state index in [2.05, 4.69) is 10.6 Å². The molecule has 0 atom stereocenters. The predicted molar refractivity (Wildman–Crippen MR) is 92.9 cm³/mol. The van der Waals surface area contributed by atoms with E-state index in [-0.39, 0.29) is 12.5 Å². The number of hydrogen-bond acceptors (Lipinski definition) is 5. The molecule has 24 heavy (non-hydrogen) atoms. The van der Waals surface area contributed by atoms with Gasteiger partial charge < -0.3 is 24.8 Å². The molecule has 2 aromatic rings. The molecule has 0 aliphatic carbocycles. The van der Waals surface area contributed by atoms with E-state index in [1.807, 2.05) is 18.2 Å². The van der Waals surface area contributed by atoms with Crippen molar-refractivity contribution < 1.29 is 19.0 Å². The minimum Gasteiger partial charge on any atom is -0.497 e. The molecule has 0 radical (unpaired) electrons. The lowest BCUT2D eigenvalue weighted by atomic mass is 10.2. The molecule has 2 aromatic carbocycles. The second-order valence-corrected chi connectivity index (χ2v) is 5.07. The van der Waals surface area contributed by atoms with Crippen LogP contribution in [0.2, 0.25) is 0 Å². The number of ether oxygens (including phenoxy) is 3. The van der Waals surface area contributed by atoms with Crippen LogP contribution in [0.5, 0.6) is 17.2 Å². The van der Waals surface area contributed by atoms with Crippen LogP contribution in [0.4, 0.5) is 5.69 Å². The van der Waals surface area contributed by atoms with Crippen molar-refractivity contribution in [2.24, 2.45) is 0 Å². The summed E-state index contributed by atoms with van der Waals surface area (Å²) in [4.78, 5) is 11.9. The third-order valence-corrected chi connectivity index (χ3v) is 3.44. The number of amides is 1. The number of hydrogen-bond donors (Lipinski definition) is 2. The number of carbonyl (C=O) groups is 1. The maximum absolute atomic E-state index is 11.9. The zero-order chi connectivity index (χ0) is 17.4. The van der Waals surface area contributed by atoms with Crippen molar-refractivity contribution >= 4 is 11.6 Å². The van der Waals surface area contributed by atoms with Gasteiger partial charge in [0.25, 0.3) is 0 Å². The van der Waals surface area contributed by atoms with Gasteiger partial charge in [-0.1, -0.05) is 6.07 Å². The van der Waals surface area contributed by atoms with Gasteiger partial charge in [-0.2, -0.15) is 0 Å². The van der Waals surface area contributed by atoms with Gasteiger partial charge >= 0.3 is 0 Å². The molecular weight excluding hydrogens is 308 g/mol. The summed E-state index contributed by atoms with van der Waals surface area (Å²) in [6, 6.07) is 12.8. The second-order valence-electron chi connectivity index (χ2n) is 5.07. The average molecular weight is 330 g/mol. The molecule has 0 bridgehead atoms. The highest BCUT2D eigenvalue weighted by molar-refractivity contribution is 5.92. The Bertz CT molecular complexity index is 671. The van der Waals surface area contributed by atoms with Crippen LogP contribution in [0.15, 0.2) is 42.5 Å². The van der Waals surface area contributed by atoms with Crippen molar-refractivity contribution in [2.45, 2.75) is 6.54 Å². The minimum atomic E-state index is -0.111. The highest BCUT2D eigenvalue weighted by Gasteiger charge is 2.06. The van der Waals surface area contributed by atoms with E-state index < -0.39 is 0 Å². The zero-order valence-electron chi connectivity index (χ0n) is 14.1. The first-order chi connectivity index (χ1) is 11.7. The van der Waals surface area contributed by atoms with E-state index in [9.17, 15) is 4.79 Å². The summed E-state index contributed by atoms with van der Waals surface area (Å²) in [6.07, 6.45) is 0. The summed E-state index contributed by atoms with van der Waals surface area (Å²) in [6.45, 7) is 0.761. The predicted octanol–water partition coefficient (Wildman–Crippen LogP) is 2.44. The largest absolute Gasteiger partial charge is 0.497 e. The van der Waals surface area contributed by atoms with Crippen LogP contribution in [0, 0.1) is 0 Å². The van der Waals surface area contributed by atoms with Gasteiger partial charge in [-0.25, -0.2) is 0 Å². The van der Waals surface area contributed by atoms with E-state index in [0.29, 0.717) is 18.0 Å². The van der Waals surface area contributed by atoms with Crippen LogP contribution >= 0.6 is 0 Å². The first-order valence-corrected chi connectivity index (χ1v) is 7.51. The Hall–Kier alpha value is -2.73. The van der Waals surface area contributed by atoms with Crippen molar-refractivity contribution in [3.63, 3.8) is 0 Å². The van der Waals surface area contributed by atoms with Gasteiger partial charge in [-0.15, -0.1) is 0 Å². The fraction of sp³-hybridized carbons (Fsp3) is 0.278. The van der Waals surface area contributed by atoms with Crippen molar-refractivity contribution in [1.82, 2.24) is 5.32 Å². The maximum atomic E-state index is 11.9. The fourth-order valence-corrected chi connectivity index (χ4v) is 2.19. The molecule has 1 amide bonds. The smallest absolute Gasteiger partial charge is 0.238 e. The molecular formula is C18H22N2O4. The SMILES string of the molecule is COc1ccc(NC(=O)CNCc2ccc(OC)c(OC)c2)cc1. The first-order valence-electron chi connectivity index (χ1n) is 7.51. The second kappa shape index (κ2) is 8.79. The molecule has 0 saturated carbocycles.